The monoisotopic (exact) mass is 410 g/mol. The van der Waals surface area contributed by atoms with Gasteiger partial charge in [0, 0.05) is 6.54 Å². The summed E-state index contributed by atoms with van der Waals surface area (Å²) in [5, 5.41) is 10.2. The smallest absolute Gasteiger partial charge is 0.260 e. The summed E-state index contributed by atoms with van der Waals surface area (Å²) >= 11 is 0. The molecule has 1 aliphatic heterocycles. The molecular formula is C23H24F2N4O. The quantitative estimate of drug-likeness (QED) is 0.636. The normalized spacial score (nSPS) is 18.0. The Morgan fingerprint density at radius 2 is 1.77 bits per heavy atom. The van der Waals surface area contributed by atoms with Crippen LogP contribution in [0.3, 0.4) is 0 Å². The Balaban J connectivity index is 1.57. The molecule has 2 atom stereocenters. The number of alkyl halides is 2. The van der Waals surface area contributed by atoms with Crippen LogP contribution in [0.15, 0.2) is 54.7 Å². The van der Waals surface area contributed by atoms with Crippen molar-refractivity contribution in [2.75, 3.05) is 5.32 Å². The van der Waals surface area contributed by atoms with E-state index < -0.39 is 12.5 Å². The second-order valence-electron chi connectivity index (χ2n) is 7.76. The first-order valence-corrected chi connectivity index (χ1v) is 9.95. The molecule has 30 heavy (non-hydrogen) atoms. The van der Waals surface area contributed by atoms with E-state index in [0.29, 0.717) is 12.4 Å². The van der Waals surface area contributed by atoms with Gasteiger partial charge in [-0.3, -0.25) is 4.79 Å². The maximum atomic E-state index is 13.8. The lowest BCUT2D eigenvalue weighted by Gasteiger charge is -2.32. The summed E-state index contributed by atoms with van der Waals surface area (Å²) < 4.78 is 28.8. The van der Waals surface area contributed by atoms with Gasteiger partial charge in [-0.25, -0.2) is 13.5 Å². The second kappa shape index (κ2) is 8.26. The predicted molar refractivity (Wildman–Crippen MR) is 112 cm³/mol. The highest BCUT2D eigenvalue weighted by Gasteiger charge is 2.36. The average Bonchev–Trinajstić information content (AvgIpc) is 3.17. The summed E-state index contributed by atoms with van der Waals surface area (Å²) in [6, 6.07) is 14.2. The van der Waals surface area contributed by atoms with Crippen molar-refractivity contribution in [1.29, 1.82) is 0 Å². The van der Waals surface area contributed by atoms with E-state index in [2.05, 4.69) is 15.7 Å². The van der Waals surface area contributed by atoms with Crippen molar-refractivity contribution in [3.8, 4) is 0 Å². The first kappa shape index (κ1) is 20.1. The van der Waals surface area contributed by atoms with Crippen LogP contribution >= 0.6 is 0 Å². The number of amides is 1. The maximum Gasteiger partial charge on any atom is 0.260 e. The van der Waals surface area contributed by atoms with E-state index in [4.69, 9.17) is 0 Å². The minimum atomic E-state index is -2.58. The van der Waals surface area contributed by atoms with Crippen LogP contribution in [0.25, 0.3) is 0 Å². The van der Waals surface area contributed by atoms with Gasteiger partial charge in [-0.1, -0.05) is 59.7 Å². The van der Waals surface area contributed by atoms with Crippen molar-refractivity contribution in [3.63, 3.8) is 0 Å². The third kappa shape index (κ3) is 4.06. The zero-order chi connectivity index (χ0) is 21.3. The number of nitrogens with zero attached hydrogens (tertiary/aromatic N) is 2. The maximum absolute atomic E-state index is 13.8. The summed E-state index contributed by atoms with van der Waals surface area (Å²) in [7, 11) is 0. The standard InChI is InChI=1S/C23H24F2N4O/c1-14-3-7-16(8-4-14)12-26-23(30)18-13-27-29-20(21(24)25)11-19(28-22(18)29)17-9-5-15(2)6-10-17/h3-10,13,19-21,28H,11-12H2,1-2H3,(H,26,30)/t19-,20-/m1/s1. The third-order valence-corrected chi connectivity index (χ3v) is 5.49. The SMILES string of the molecule is Cc1ccc(CNC(=O)c2cnn3c2N[C@@H](c2ccc(C)cc2)C[C@@H]3C(F)F)cc1. The number of hydrogen-bond acceptors (Lipinski definition) is 3. The molecule has 4 rings (SSSR count). The lowest BCUT2D eigenvalue weighted by Crippen LogP contribution is -2.32. The predicted octanol–water partition coefficient (Wildman–Crippen LogP) is 4.79. The van der Waals surface area contributed by atoms with Gasteiger partial charge in [-0.2, -0.15) is 5.10 Å². The van der Waals surface area contributed by atoms with Crippen molar-refractivity contribution in [2.45, 2.75) is 45.3 Å². The molecule has 5 nitrogen and oxygen atoms in total. The molecule has 0 saturated carbocycles. The Labute approximate surface area is 174 Å². The summed E-state index contributed by atoms with van der Waals surface area (Å²) in [5.41, 5.74) is 4.38. The molecule has 1 amide bonds. The molecule has 0 saturated heterocycles. The highest BCUT2D eigenvalue weighted by Crippen LogP contribution is 2.39. The van der Waals surface area contributed by atoms with Crippen LogP contribution in [0.1, 0.15) is 51.1 Å². The molecular weight excluding hydrogens is 386 g/mol. The summed E-state index contributed by atoms with van der Waals surface area (Å²) in [4.78, 5) is 12.8. The van der Waals surface area contributed by atoms with Crippen molar-refractivity contribution in [2.24, 2.45) is 0 Å². The van der Waals surface area contributed by atoms with Crippen LogP contribution in [0.4, 0.5) is 14.6 Å². The number of nitrogens with one attached hydrogen (secondary N) is 2. The van der Waals surface area contributed by atoms with Crippen LogP contribution < -0.4 is 10.6 Å². The largest absolute Gasteiger partial charge is 0.363 e. The topological polar surface area (TPSA) is 59.0 Å². The lowest BCUT2D eigenvalue weighted by atomic mass is 9.96. The number of fused-ring (bicyclic) bond motifs is 1. The Morgan fingerprint density at radius 3 is 2.40 bits per heavy atom. The average molecular weight is 410 g/mol. The van der Waals surface area contributed by atoms with Gasteiger partial charge in [0.05, 0.1) is 12.2 Å². The van der Waals surface area contributed by atoms with E-state index in [1.54, 1.807) is 0 Å². The van der Waals surface area contributed by atoms with Crippen molar-refractivity contribution in [3.05, 3.63) is 82.5 Å². The fourth-order valence-corrected chi connectivity index (χ4v) is 3.70. The van der Waals surface area contributed by atoms with Gasteiger partial charge in [0.25, 0.3) is 12.3 Å². The number of aromatic nitrogens is 2. The number of hydrogen-bond donors (Lipinski definition) is 2. The Hall–Kier alpha value is -3.22. The van der Waals surface area contributed by atoms with Crippen molar-refractivity contribution < 1.29 is 13.6 Å². The third-order valence-electron chi connectivity index (χ3n) is 5.49. The number of benzene rings is 2. The summed E-state index contributed by atoms with van der Waals surface area (Å²) in [5.74, 6) is -0.0135. The molecule has 2 aromatic carbocycles. The first-order chi connectivity index (χ1) is 14.4. The molecule has 7 heteroatoms. The van der Waals surface area contributed by atoms with Gasteiger partial charge >= 0.3 is 0 Å². The van der Waals surface area contributed by atoms with Crippen LogP contribution in [0.2, 0.25) is 0 Å². The number of carbonyl (C=O) groups excluding carboxylic acids is 1. The molecule has 0 spiro atoms. The van der Waals surface area contributed by atoms with Crippen LogP contribution in [-0.4, -0.2) is 22.1 Å². The van der Waals surface area contributed by atoms with Gasteiger partial charge in [-0.05, 0) is 31.4 Å². The van der Waals surface area contributed by atoms with E-state index >= 15 is 0 Å². The van der Waals surface area contributed by atoms with Crippen LogP contribution in [0, 0.1) is 13.8 Å². The summed E-state index contributed by atoms with van der Waals surface area (Å²) in [6.45, 7) is 4.33. The van der Waals surface area contributed by atoms with Gasteiger partial charge in [-0.15, -0.1) is 0 Å². The van der Waals surface area contributed by atoms with Gasteiger partial charge < -0.3 is 10.6 Å². The fraction of sp³-hybridized carbons (Fsp3) is 0.304. The van der Waals surface area contributed by atoms with E-state index in [1.807, 2.05) is 62.4 Å². The zero-order valence-electron chi connectivity index (χ0n) is 16.9. The summed E-state index contributed by atoms with van der Waals surface area (Å²) in [6.07, 6.45) is -1.03. The highest BCUT2D eigenvalue weighted by atomic mass is 19.3. The number of aryl methyl sites for hydroxylation is 2. The Kier molecular flexibility index (Phi) is 5.53. The van der Waals surface area contributed by atoms with Crippen LogP contribution in [-0.2, 0) is 6.54 Å². The molecule has 0 radical (unpaired) electrons. The van der Waals surface area contributed by atoms with E-state index in [-0.39, 0.29) is 23.9 Å². The number of rotatable bonds is 5. The number of anilines is 1. The molecule has 3 aromatic rings. The zero-order valence-corrected chi connectivity index (χ0v) is 16.9. The molecule has 1 aromatic heterocycles. The minimum absolute atomic E-state index is 0.194. The minimum Gasteiger partial charge on any atom is -0.363 e. The Morgan fingerprint density at radius 1 is 1.13 bits per heavy atom. The Bertz CT molecular complexity index is 1030. The molecule has 1 aliphatic rings. The van der Waals surface area contributed by atoms with Gasteiger partial charge in [0.15, 0.2) is 0 Å². The van der Waals surface area contributed by atoms with Crippen molar-refractivity contribution in [1.82, 2.24) is 15.1 Å². The van der Waals surface area contributed by atoms with Crippen LogP contribution in [0.5, 0.6) is 0 Å². The fourth-order valence-electron chi connectivity index (χ4n) is 3.70. The number of carbonyl (C=O) groups is 1. The lowest BCUT2D eigenvalue weighted by molar-refractivity contribution is 0.0656. The molecule has 2 heterocycles. The highest BCUT2D eigenvalue weighted by molar-refractivity contribution is 5.98. The molecule has 0 fully saturated rings. The van der Waals surface area contributed by atoms with Gasteiger partial charge in [0.1, 0.15) is 17.4 Å². The molecule has 0 aliphatic carbocycles. The van der Waals surface area contributed by atoms with Crippen molar-refractivity contribution >= 4 is 11.7 Å². The second-order valence-corrected chi connectivity index (χ2v) is 7.76. The molecule has 2 N–H and O–H groups in total. The number of halogens is 2. The molecule has 0 unspecified atom stereocenters. The van der Waals surface area contributed by atoms with Gasteiger partial charge in [0.2, 0.25) is 0 Å². The molecule has 156 valence electrons. The molecule has 0 bridgehead atoms. The first-order valence-electron chi connectivity index (χ1n) is 9.95. The van der Waals surface area contributed by atoms with E-state index in [1.165, 1.54) is 10.9 Å². The van der Waals surface area contributed by atoms with E-state index in [9.17, 15) is 13.6 Å². The van der Waals surface area contributed by atoms with E-state index in [0.717, 1.165) is 22.3 Å².